The third-order valence-corrected chi connectivity index (χ3v) is 28.4. The van der Waals surface area contributed by atoms with Gasteiger partial charge in [-0.15, -0.1) is 11.8 Å². The second-order valence-electron chi connectivity index (χ2n) is 34.5. The number of carbonyl (C=O) groups excluding carboxylic acids is 14. The number of hydrogen-bond acceptors (Lipinski definition) is 28. The number of unbranched alkanes of at least 4 members (excludes halogenated alkanes) is 1. The molecule has 5 aliphatic heterocycles. The van der Waals surface area contributed by atoms with Crippen molar-refractivity contribution < 1.29 is 111 Å². The van der Waals surface area contributed by atoms with Gasteiger partial charge in [-0.25, -0.2) is 9.59 Å². The van der Waals surface area contributed by atoms with Crippen molar-refractivity contribution in [3.05, 3.63) is 137 Å². The molecule has 1 aromatic heterocycles. The average Bonchev–Trinajstić information content (AvgIpc) is 1.57. The fourth-order valence-corrected chi connectivity index (χ4v) is 20.0. The summed E-state index contributed by atoms with van der Waals surface area (Å²) in [5.41, 5.74) is 12.5. The van der Waals surface area contributed by atoms with Gasteiger partial charge in [0.15, 0.2) is 5.72 Å². The number of esters is 1. The number of allylic oxidation sites excluding steroid dienone is 1. The Bertz CT molecular complexity index is 5020. The first-order valence-corrected chi connectivity index (χ1v) is 48.1. The molecular formula is C91H122ClN15O23S3. The molecule has 0 aliphatic carbocycles. The molecule has 13 amide bonds. The van der Waals surface area contributed by atoms with Crippen molar-refractivity contribution in [1.82, 2.24) is 62.6 Å². The number of aromatic hydroxyl groups is 1. The van der Waals surface area contributed by atoms with Crippen LogP contribution in [0.15, 0.2) is 109 Å². The maximum Gasteiger partial charge on any atom is 0.409 e. The summed E-state index contributed by atoms with van der Waals surface area (Å²) >= 11 is 7.93. The van der Waals surface area contributed by atoms with E-state index in [1.165, 1.54) is 78.3 Å². The van der Waals surface area contributed by atoms with Crippen LogP contribution in [0.4, 0.5) is 10.5 Å². The number of rotatable bonds is 30. The van der Waals surface area contributed by atoms with Crippen molar-refractivity contribution in [3.8, 4) is 11.5 Å². The lowest BCUT2D eigenvalue weighted by molar-refractivity contribution is -0.162. The highest BCUT2D eigenvalue weighted by atomic mass is 35.5. The fraction of sp³-hybridized carbons (Fsp3) is 0.538. The van der Waals surface area contributed by atoms with Crippen LogP contribution in [0.3, 0.4) is 0 Å². The number of aromatic amines is 1. The fourth-order valence-electron chi connectivity index (χ4n) is 16.3. The first-order valence-electron chi connectivity index (χ1n) is 44.2. The van der Waals surface area contributed by atoms with Crippen LogP contribution in [0.2, 0.25) is 5.02 Å². The van der Waals surface area contributed by atoms with Gasteiger partial charge < -0.3 is 113 Å². The molecule has 4 saturated heterocycles. The van der Waals surface area contributed by atoms with Gasteiger partial charge in [0, 0.05) is 107 Å². The second-order valence-corrected chi connectivity index (χ2v) is 38.7. The first-order chi connectivity index (χ1) is 63.2. The van der Waals surface area contributed by atoms with Gasteiger partial charge in [0.25, 0.3) is 0 Å². The number of carbonyl (C=O) groups is 14. The van der Waals surface area contributed by atoms with E-state index in [4.69, 9.17) is 46.8 Å². The second kappa shape index (κ2) is 48.0. The number of anilines is 1. The molecule has 2 unspecified atom stereocenters. The molecule has 0 spiro atoms. The maximum atomic E-state index is 15.1. The molecule has 10 rings (SSSR count). The highest BCUT2D eigenvalue weighted by Crippen LogP contribution is 2.50. The first kappa shape index (κ1) is 104. The van der Waals surface area contributed by atoms with E-state index < -0.39 is 209 Å². The molecule has 20 atom stereocenters. The standard InChI is InChI=1S/C91H122ClN15O23S3/c1-48-20-18-26-70(127-10)91(125)44-68(128-89(124)104-91)49(2)78-90(6,130-78)71(43-73(112)106(8)66-39-55(36-48)40-67(126-9)75(66)92)129-88(123)50(3)105(7)72(111)31-35-131-69-42-74(113)107(87(69)122)34-19-33-95-85(120)76(51(4)108)102-84(119)65-47-133-132-46-64(100-79(114)59(94)37-53-21-12-11-13-22-53)83(118)98-62(38-54-27-29-57(110)30-28-54)81(116)99-63(41-56-45-96-60-24-15-14-23-58(56)60)82(117)97-61(25-16-17-32-93)80(115)103-77(52(5)109)86(121)101-65/h11-15,18,21-24,26-30,39-40,45,48-52,59,61-65,68-71,76-78,96,108-110,125H,16-17,19-20,25,31-38,41-44,46-47,93-94H2,1-10H3,(H,95,120)(H,97,117)(H,98,118)(H,99,116)(H,100,114)(H,101,121)(H,102,119)(H,103,115)(H,104,124)/b26-18+/t48?,49-,50+,51-,52-,59-,61+,62+,63-,64+,65+,68+,69?,70-,71+,76+,77+,78+,90+,91+/m1/s1. The zero-order chi connectivity index (χ0) is 96.9. The van der Waals surface area contributed by atoms with Crippen LogP contribution in [0.5, 0.6) is 11.5 Å². The molecule has 38 nitrogen and oxygen atoms in total. The number of aliphatic hydroxyl groups excluding tert-OH is 2. The predicted octanol–water partition coefficient (Wildman–Crippen LogP) is 2.27. The Labute approximate surface area is 787 Å². The summed E-state index contributed by atoms with van der Waals surface area (Å²) in [4.78, 5) is 208. The number of ether oxygens (including phenoxy) is 5. The van der Waals surface area contributed by atoms with Crippen LogP contribution in [0, 0.1) is 11.8 Å². The van der Waals surface area contributed by atoms with Crippen LogP contribution >= 0.6 is 45.0 Å². The van der Waals surface area contributed by atoms with Crippen LogP contribution in [-0.2, 0) is 107 Å². The van der Waals surface area contributed by atoms with Crippen LogP contribution in [0.25, 0.3) is 10.9 Å². The summed E-state index contributed by atoms with van der Waals surface area (Å²) in [6, 6.07) is 11.5. The molecule has 5 aromatic rings. The van der Waals surface area contributed by atoms with E-state index >= 15 is 9.59 Å². The largest absolute Gasteiger partial charge is 0.508 e. The average molecular weight is 1930 g/mol. The van der Waals surface area contributed by atoms with E-state index in [1.54, 1.807) is 92.9 Å². The zero-order valence-electron chi connectivity index (χ0n) is 75.9. The summed E-state index contributed by atoms with van der Waals surface area (Å²) in [5, 5.41) is 68.3. The van der Waals surface area contributed by atoms with Gasteiger partial charge in [0.2, 0.25) is 70.9 Å². The molecule has 42 heteroatoms. The molecular weight excluding hydrogens is 1800 g/mol. The number of hydrogen-bond donors (Lipinski definition) is 16. The number of fused-ring (bicyclic) bond motifs is 6. The smallest absolute Gasteiger partial charge is 0.409 e. The number of nitrogens with zero attached hydrogens (tertiary/aromatic N) is 3. The number of imide groups is 1. The number of likely N-dealkylation sites (N-methyl/N-ethyl adjacent to an activating group) is 1. The van der Waals surface area contributed by atoms with Gasteiger partial charge in [-0.1, -0.05) is 120 Å². The van der Waals surface area contributed by atoms with Crippen molar-refractivity contribution in [1.29, 1.82) is 0 Å². The van der Waals surface area contributed by atoms with Crippen molar-refractivity contribution in [2.24, 2.45) is 23.3 Å². The molecule has 724 valence electrons. The van der Waals surface area contributed by atoms with Gasteiger partial charge in [-0.05, 0) is 138 Å². The van der Waals surface area contributed by atoms with Gasteiger partial charge in [-0.2, -0.15) is 0 Å². The summed E-state index contributed by atoms with van der Waals surface area (Å²) in [5.74, 6) is -12.0. The number of benzene rings is 4. The zero-order valence-corrected chi connectivity index (χ0v) is 79.1. The highest BCUT2D eigenvalue weighted by Gasteiger charge is 2.65. The van der Waals surface area contributed by atoms with Crippen LogP contribution < -0.4 is 69.0 Å². The number of para-hydroxylation sites is 1. The lowest BCUT2D eigenvalue weighted by Crippen LogP contribution is -2.63. The molecule has 6 heterocycles. The summed E-state index contributed by atoms with van der Waals surface area (Å²) in [6.45, 7) is 8.93. The number of phenols is 1. The van der Waals surface area contributed by atoms with Crippen molar-refractivity contribution in [2.45, 2.75) is 233 Å². The minimum Gasteiger partial charge on any atom is -0.508 e. The number of methoxy groups -OCH3 is 2. The molecule has 0 saturated carbocycles. The number of aromatic nitrogens is 1. The number of H-pyrrole nitrogens is 1. The number of likely N-dealkylation sites (tertiary alicyclic amines) is 1. The molecule has 4 bridgehead atoms. The predicted molar refractivity (Wildman–Crippen MR) is 497 cm³/mol. The van der Waals surface area contributed by atoms with E-state index in [0.717, 1.165) is 48.7 Å². The topological polar surface area (TPSA) is 555 Å². The van der Waals surface area contributed by atoms with Gasteiger partial charge >= 0.3 is 12.1 Å². The van der Waals surface area contributed by atoms with E-state index in [1.807, 2.05) is 13.0 Å². The number of alkyl carbamates (subject to hydrolysis) is 1. The number of nitrogens with two attached hydrogens (primary N) is 2. The van der Waals surface area contributed by atoms with E-state index in [-0.39, 0.29) is 106 Å². The van der Waals surface area contributed by atoms with Crippen LogP contribution in [-0.4, -0.2) is 291 Å². The molecule has 5 aliphatic rings. The Morgan fingerprint density at radius 2 is 1.47 bits per heavy atom. The minimum absolute atomic E-state index is 0.00812. The molecule has 0 radical (unpaired) electrons. The Morgan fingerprint density at radius 3 is 2.16 bits per heavy atom. The van der Waals surface area contributed by atoms with Gasteiger partial charge in [-0.3, -0.25) is 67.8 Å². The Hall–Kier alpha value is -10.6. The minimum atomic E-state index is -1.92. The summed E-state index contributed by atoms with van der Waals surface area (Å²) in [7, 11) is 7.54. The number of aliphatic hydroxyl groups is 3. The Morgan fingerprint density at radius 1 is 0.789 bits per heavy atom. The van der Waals surface area contributed by atoms with Crippen molar-refractivity contribution in [3.63, 3.8) is 0 Å². The summed E-state index contributed by atoms with van der Waals surface area (Å²) < 4.78 is 29.7. The Kier molecular flexibility index (Phi) is 37.7. The number of halogens is 1. The summed E-state index contributed by atoms with van der Waals surface area (Å²) in [6.07, 6.45) is -3.15. The molecule has 18 N–H and O–H groups in total. The molecule has 4 aromatic carbocycles. The third kappa shape index (κ3) is 27.8. The quantitative estimate of drug-likeness (QED) is 0.00783. The van der Waals surface area contributed by atoms with E-state index in [9.17, 15) is 78.0 Å². The maximum absolute atomic E-state index is 15.1. The van der Waals surface area contributed by atoms with E-state index in [0.29, 0.717) is 58.3 Å². The van der Waals surface area contributed by atoms with Gasteiger partial charge in [0.05, 0.1) is 48.8 Å². The number of amides is 13. The SMILES string of the molecule is COc1cc2cc(c1Cl)N(C)C(=O)C[C@H](OC(=O)[C@H](C)N(C)C(=O)CCSC1CC(=O)N(CCCNC(=O)[C@@H](NC(=O)[C@@H]3CSSC[C@H](NC(=O)[C@H](N)Cc4ccccc4)C(=O)N[C@@H](Cc4ccc(O)cc4)C(=O)N[C@H](Cc4c[nH]c5ccccc45)C(=O)N[C@@H](CCCCN)C(=O)N[C@@H]([C@@H](C)O)C(=O)N3)[C@@H](C)O)C1=O)[C@]1(C)O[C@H]1[C@H](C)[C@@H]1C[C@@](O)(NC(=O)O1)[C@H](OC)/C=C/CC(C)C2. The van der Waals surface area contributed by atoms with Crippen molar-refractivity contribution >= 4 is 144 Å². The number of epoxide rings is 1. The van der Waals surface area contributed by atoms with Crippen molar-refractivity contribution in [2.75, 3.05) is 70.1 Å². The lowest BCUT2D eigenvalue weighted by Gasteiger charge is -2.42. The monoisotopic (exact) mass is 1920 g/mol. The number of nitrogens with one attached hydrogen (secondary N) is 10. The number of phenolic OH excluding ortho intramolecular Hbond substituents is 1. The molecule has 133 heavy (non-hydrogen) atoms. The van der Waals surface area contributed by atoms with Crippen LogP contribution in [0.1, 0.15) is 122 Å². The molecule has 4 fully saturated rings. The normalized spacial score (nSPS) is 26.9. The van der Waals surface area contributed by atoms with Gasteiger partial charge in [0.1, 0.15) is 88.8 Å². The number of thioether (sulfide) groups is 1. The lowest BCUT2D eigenvalue weighted by atomic mass is 9.83. The highest BCUT2D eigenvalue weighted by molar-refractivity contribution is 8.76. The van der Waals surface area contributed by atoms with E-state index in [2.05, 4.69) is 52.8 Å². The Balaban J connectivity index is 0.790. The third-order valence-electron chi connectivity index (χ3n) is 24.4.